The molecular weight excluding hydrogens is 741 g/mol. The van der Waals surface area contributed by atoms with Crippen LogP contribution in [0.15, 0.2) is 88.3 Å². The Morgan fingerprint density at radius 1 is 0.740 bits per heavy atom. The van der Waals surface area contributed by atoms with Crippen LogP contribution in [0.4, 0.5) is 11.4 Å². The number of nitriles is 1. The van der Waals surface area contributed by atoms with Crippen molar-refractivity contribution in [3.8, 4) is 6.07 Å². The van der Waals surface area contributed by atoms with Crippen LogP contribution in [0.1, 0.15) is 67.9 Å². The minimum absolute atomic E-state index is 0.130. The van der Waals surface area contributed by atoms with Gasteiger partial charge in [-0.3, -0.25) is 4.79 Å². The van der Waals surface area contributed by atoms with Crippen LogP contribution >= 0.6 is 49.9 Å². The van der Waals surface area contributed by atoms with Gasteiger partial charge in [0, 0.05) is 61.0 Å². The van der Waals surface area contributed by atoms with E-state index >= 15 is 0 Å². The highest BCUT2D eigenvalue weighted by molar-refractivity contribution is 9.10. The zero-order valence-electron chi connectivity index (χ0n) is 29.1. The number of nitrogens with zero attached hydrogens (tertiary/aromatic N) is 4. The first-order valence-electron chi connectivity index (χ1n) is 17.0. The zero-order chi connectivity index (χ0) is 35.9. The molecule has 50 heavy (non-hydrogen) atoms. The average molecular weight is 784 g/mol. The van der Waals surface area contributed by atoms with E-state index in [0.717, 1.165) is 77.8 Å². The molecule has 6 rings (SSSR count). The Labute approximate surface area is 317 Å². The summed E-state index contributed by atoms with van der Waals surface area (Å²) in [7, 11) is 0. The molecule has 6 aromatic rings. The third-order valence-corrected chi connectivity index (χ3v) is 11.2. The summed E-state index contributed by atoms with van der Waals surface area (Å²) in [6, 6.07) is 27.4. The Morgan fingerprint density at radius 3 is 1.76 bits per heavy atom. The van der Waals surface area contributed by atoms with Crippen molar-refractivity contribution < 1.29 is 4.79 Å². The molecule has 5 nitrogen and oxygen atoms in total. The highest BCUT2D eigenvalue weighted by Gasteiger charge is 2.09. The van der Waals surface area contributed by atoms with Crippen LogP contribution in [-0.4, -0.2) is 32.5 Å². The SMILES string of the molecule is Brc1ccc2ccsc2c1.CCCN(CCC)c1ccc2cc(C=O)sc2c1.[C-]#[N+]/C(C#N)=C\c1cc2ccc(N(CCC)CCC)cc2s1. The number of hydrogen-bond acceptors (Lipinski definition) is 7. The van der Waals surface area contributed by atoms with Gasteiger partial charge in [0.1, 0.15) is 0 Å². The van der Waals surface area contributed by atoms with Crippen molar-refractivity contribution in [2.24, 2.45) is 0 Å². The van der Waals surface area contributed by atoms with Crippen LogP contribution in [0.25, 0.3) is 41.2 Å². The van der Waals surface area contributed by atoms with Crippen LogP contribution < -0.4 is 9.80 Å². The van der Waals surface area contributed by atoms with E-state index in [9.17, 15) is 4.79 Å². The van der Waals surface area contributed by atoms with Gasteiger partial charge in [-0.1, -0.05) is 61.8 Å². The summed E-state index contributed by atoms with van der Waals surface area (Å²) in [6.07, 6.45) is 7.16. The second-order valence-electron chi connectivity index (χ2n) is 11.7. The van der Waals surface area contributed by atoms with Crippen molar-refractivity contribution in [3.63, 3.8) is 0 Å². The second-order valence-corrected chi connectivity index (χ2v) is 15.8. The summed E-state index contributed by atoms with van der Waals surface area (Å²) in [5.41, 5.74) is 2.65. The monoisotopic (exact) mass is 782 g/mol. The van der Waals surface area contributed by atoms with Crippen LogP contribution in [0.2, 0.25) is 0 Å². The van der Waals surface area contributed by atoms with Crippen molar-refractivity contribution in [2.45, 2.75) is 53.4 Å². The van der Waals surface area contributed by atoms with Gasteiger partial charge in [-0.2, -0.15) is 0 Å². The van der Waals surface area contributed by atoms with Crippen LogP contribution in [-0.2, 0) is 0 Å². The number of carbonyl (C=O) groups excluding carboxylic acids is 1. The third-order valence-electron chi connectivity index (χ3n) is 7.80. The molecule has 0 atom stereocenters. The van der Waals surface area contributed by atoms with E-state index in [1.165, 1.54) is 36.2 Å². The number of allylic oxidation sites excluding steroid dienone is 1. The predicted octanol–water partition coefficient (Wildman–Crippen LogP) is 13.3. The van der Waals surface area contributed by atoms with Crippen molar-refractivity contribution in [1.29, 1.82) is 5.26 Å². The summed E-state index contributed by atoms with van der Waals surface area (Å²) >= 11 is 8.39. The van der Waals surface area contributed by atoms with Gasteiger partial charge in [-0.05, 0) is 108 Å². The Kier molecular flexibility index (Phi) is 15.5. The maximum atomic E-state index is 10.8. The molecule has 0 saturated heterocycles. The third kappa shape index (κ3) is 10.8. The van der Waals surface area contributed by atoms with Crippen molar-refractivity contribution in [1.82, 2.24) is 0 Å². The van der Waals surface area contributed by atoms with Gasteiger partial charge in [0.15, 0.2) is 6.29 Å². The molecule has 0 unspecified atom stereocenters. The van der Waals surface area contributed by atoms with Gasteiger partial charge in [0.05, 0.1) is 17.5 Å². The number of rotatable bonds is 12. The fourth-order valence-electron chi connectivity index (χ4n) is 5.58. The molecule has 0 aliphatic carbocycles. The molecule has 9 heteroatoms. The Balaban J connectivity index is 0.000000179. The molecule has 3 heterocycles. The van der Waals surface area contributed by atoms with Gasteiger partial charge >= 0.3 is 0 Å². The second kappa shape index (κ2) is 20.0. The minimum atomic E-state index is 0.130. The standard InChI is InChI=1S/C18H19N3S.C15H19NOS.C8H5BrS/c1-4-8-21(9-5-2)16-7-6-14-10-17(22-18(14)12-16)11-15(13-19)20-3;1-3-7-16(8-4-2)13-6-5-12-9-14(11-17)18-15(12)10-13;9-7-2-1-6-3-4-10-8(6)5-7/h6-7,10-12H,4-5,8-9H2,1-2H3;5-6,9-11H,3-4,7-8H2,1-2H3;1-5H/b15-11-;;. The maximum absolute atomic E-state index is 10.8. The molecular formula is C41H43BrN4OS3. The molecule has 0 N–H and O–H groups in total. The fraction of sp³-hybridized carbons (Fsp3) is 0.293. The Morgan fingerprint density at radius 2 is 1.26 bits per heavy atom. The summed E-state index contributed by atoms with van der Waals surface area (Å²) in [5.74, 6) is 0. The van der Waals surface area contributed by atoms with Crippen molar-refractivity contribution in [3.05, 3.63) is 110 Å². The first-order valence-corrected chi connectivity index (χ1v) is 20.3. The van der Waals surface area contributed by atoms with Gasteiger partial charge in [-0.25, -0.2) is 10.1 Å². The summed E-state index contributed by atoms with van der Waals surface area (Å²) in [5, 5.41) is 14.6. The number of aldehydes is 1. The lowest BCUT2D eigenvalue weighted by atomic mass is 10.2. The van der Waals surface area contributed by atoms with E-state index in [4.69, 9.17) is 11.8 Å². The molecule has 3 aromatic carbocycles. The zero-order valence-corrected chi connectivity index (χ0v) is 33.2. The van der Waals surface area contributed by atoms with Crippen LogP contribution in [0.3, 0.4) is 0 Å². The molecule has 0 fully saturated rings. The maximum Gasteiger partial charge on any atom is 0.263 e. The largest absolute Gasteiger partial charge is 0.372 e. The lowest BCUT2D eigenvalue weighted by molar-refractivity contribution is 0.112. The van der Waals surface area contributed by atoms with Gasteiger partial charge in [-0.15, -0.1) is 34.0 Å². The van der Waals surface area contributed by atoms with Gasteiger partial charge in [0.2, 0.25) is 0 Å². The molecule has 0 aliphatic heterocycles. The summed E-state index contributed by atoms with van der Waals surface area (Å²) < 4.78 is 4.90. The van der Waals surface area contributed by atoms with Crippen molar-refractivity contribution >= 4 is 104 Å². The van der Waals surface area contributed by atoms with E-state index in [1.807, 2.05) is 18.2 Å². The molecule has 258 valence electrons. The number of carbonyl (C=O) groups is 1. The highest BCUT2D eigenvalue weighted by Crippen LogP contribution is 2.32. The number of thiophene rings is 3. The van der Waals surface area contributed by atoms with E-state index in [-0.39, 0.29) is 5.70 Å². The number of anilines is 2. The molecule has 0 radical (unpaired) electrons. The Hall–Kier alpha value is -3.99. The first kappa shape index (κ1) is 38.8. The first-order chi connectivity index (χ1) is 24.3. The smallest absolute Gasteiger partial charge is 0.263 e. The average Bonchev–Trinajstić information content (AvgIpc) is 3.88. The molecule has 0 bridgehead atoms. The van der Waals surface area contributed by atoms with E-state index in [0.29, 0.717) is 0 Å². The normalized spacial score (nSPS) is 10.9. The highest BCUT2D eigenvalue weighted by atomic mass is 79.9. The molecule has 3 aromatic heterocycles. The topological polar surface area (TPSA) is 51.7 Å². The number of fused-ring (bicyclic) bond motifs is 3. The number of hydrogen-bond donors (Lipinski definition) is 0. The van der Waals surface area contributed by atoms with E-state index in [2.05, 4.69) is 124 Å². The lowest BCUT2D eigenvalue weighted by Crippen LogP contribution is -2.24. The fourth-order valence-corrected chi connectivity index (χ4v) is 8.86. The van der Waals surface area contributed by atoms with Crippen molar-refractivity contribution in [2.75, 3.05) is 36.0 Å². The number of benzene rings is 3. The molecule has 0 saturated carbocycles. The van der Waals surface area contributed by atoms with E-state index < -0.39 is 0 Å². The summed E-state index contributed by atoms with van der Waals surface area (Å²) in [4.78, 5) is 20.6. The van der Waals surface area contributed by atoms with Crippen LogP contribution in [0, 0.1) is 17.9 Å². The van der Waals surface area contributed by atoms with Gasteiger partial charge in [0.25, 0.3) is 5.70 Å². The summed E-state index contributed by atoms with van der Waals surface area (Å²) in [6.45, 7) is 20.1. The molecule has 0 spiro atoms. The lowest BCUT2D eigenvalue weighted by Gasteiger charge is -2.23. The van der Waals surface area contributed by atoms with Gasteiger partial charge < -0.3 is 9.80 Å². The van der Waals surface area contributed by atoms with Crippen LogP contribution in [0.5, 0.6) is 0 Å². The quantitative estimate of drug-likeness (QED) is 0.0705. The minimum Gasteiger partial charge on any atom is -0.372 e. The molecule has 0 aliphatic rings. The number of halogens is 1. The Bertz CT molecular complexity index is 2090. The predicted molar refractivity (Wildman–Crippen MR) is 224 cm³/mol. The molecule has 0 amide bonds. The van der Waals surface area contributed by atoms with E-state index in [1.54, 1.807) is 40.1 Å².